The zero-order valence-corrected chi connectivity index (χ0v) is 6.30. The monoisotopic (exact) mass is 142 g/mol. The molecule has 0 aliphatic rings. The summed E-state index contributed by atoms with van der Waals surface area (Å²) in [6.07, 6.45) is 6.67. The molecule has 0 amide bonds. The van der Waals surface area contributed by atoms with Crippen molar-refractivity contribution in [1.29, 1.82) is 0 Å². The number of terminal acetylenes is 1. The molecule has 1 unspecified atom stereocenters. The Labute approximate surface area is 61.9 Å². The predicted octanol–water partition coefficient (Wildman–Crippen LogP) is 0.533. The second-order valence-corrected chi connectivity index (χ2v) is 2.36. The lowest BCUT2D eigenvalue weighted by Gasteiger charge is -2.18. The first-order valence-electron chi connectivity index (χ1n) is 3.49. The van der Waals surface area contributed by atoms with E-state index in [2.05, 4.69) is 5.92 Å². The van der Waals surface area contributed by atoms with Gasteiger partial charge in [-0.1, -0.05) is 12.8 Å². The molecule has 0 heterocycles. The van der Waals surface area contributed by atoms with Crippen LogP contribution >= 0.6 is 0 Å². The summed E-state index contributed by atoms with van der Waals surface area (Å²) in [6, 6.07) is 0. The third-order valence-corrected chi connectivity index (χ3v) is 1.60. The summed E-state index contributed by atoms with van der Waals surface area (Å²) >= 11 is 0. The van der Waals surface area contributed by atoms with Gasteiger partial charge in [0.2, 0.25) is 0 Å². The van der Waals surface area contributed by atoms with Crippen LogP contribution in [-0.4, -0.2) is 22.4 Å². The van der Waals surface area contributed by atoms with Crippen LogP contribution in [0.25, 0.3) is 0 Å². The fourth-order valence-corrected chi connectivity index (χ4v) is 0.723. The molecule has 0 fully saturated rings. The molecule has 0 aliphatic heterocycles. The minimum absolute atomic E-state index is 0.0873. The lowest BCUT2D eigenvalue weighted by molar-refractivity contribution is 0.0788. The van der Waals surface area contributed by atoms with Crippen molar-refractivity contribution in [1.82, 2.24) is 0 Å². The highest BCUT2D eigenvalue weighted by molar-refractivity contribution is 5.06. The van der Waals surface area contributed by atoms with Gasteiger partial charge in [0.15, 0.2) is 0 Å². The molecule has 0 aliphatic carbocycles. The maximum Gasteiger partial charge on any atom is 0.125 e. The zero-order valence-electron chi connectivity index (χ0n) is 6.30. The Morgan fingerprint density at radius 2 is 2.20 bits per heavy atom. The molecule has 0 rings (SSSR count). The van der Waals surface area contributed by atoms with Crippen molar-refractivity contribution >= 4 is 0 Å². The predicted molar refractivity (Wildman–Crippen MR) is 40.4 cm³/mol. The first-order valence-corrected chi connectivity index (χ1v) is 3.49. The number of rotatable bonds is 4. The summed E-state index contributed by atoms with van der Waals surface area (Å²) in [6.45, 7) is 1.92. The van der Waals surface area contributed by atoms with Crippen molar-refractivity contribution in [2.45, 2.75) is 31.8 Å². The number of aliphatic hydroxyl groups is 2. The van der Waals surface area contributed by atoms with Gasteiger partial charge in [-0.3, -0.25) is 0 Å². The quantitative estimate of drug-likeness (QED) is 0.562. The van der Waals surface area contributed by atoms with Gasteiger partial charge >= 0.3 is 0 Å². The normalized spacial score (nSPS) is 15.8. The Kier molecular flexibility index (Phi) is 4.10. The van der Waals surface area contributed by atoms with Gasteiger partial charge in [-0.2, -0.15) is 0 Å². The van der Waals surface area contributed by atoms with Crippen molar-refractivity contribution in [3.8, 4) is 12.3 Å². The van der Waals surface area contributed by atoms with Crippen LogP contribution in [0, 0.1) is 12.3 Å². The van der Waals surface area contributed by atoms with Crippen LogP contribution < -0.4 is 0 Å². The summed E-state index contributed by atoms with van der Waals surface area (Å²) in [5, 5.41) is 17.9. The van der Waals surface area contributed by atoms with E-state index in [0.29, 0.717) is 19.3 Å². The first kappa shape index (κ1) is 9.48. The van der Waals surface area contributed by atoms with Crippen LogP contribution in [0.1, 0.15) is 26.2 Å². The van der Waals surface area contributed by atoms with Gasteiger partial charge < -0.3 is 10.2 Å². The van der Waals surface area contributed by atoms with E-state index in [0.717, 1.165) is 0 Å². The highest BCUT2D eigenvalue weighted by Gasteiger charge is 2.19. The largest absolute Gasteiger partial charge is 0.396 e. The summed E-state index contributed by atoms with van der Waals surface area (Å²) in [5.74, 6) is 2.31. The lowest BCUT2D eigenvalue weighted by Crippen LogP contribution is -2.25. The Morgan fingerprint density at radius 1 is 1.60 bits per heavy atom. The van der Waals surface area contributed by atoms with Crippen LogP contribution in [0.3, 0.4) is 0 Å². The summed E-state index contributed by atoms with van der Waals surface area (Å²) in [5.41, 5.74) is -0.997. The van der Waals surface area contributed by atoms with Gasteiger partial charge in [-0.05, 0) is 19.3 Å². The van der Waals surface area contributed by atoms with Crippen LogP contribution in [0.5, 0.6) is 0 Å². The van der Waals surface area contributed by atoms with Crippen LogP contribution in [0.15, 0.2) is 0 Å². The minimum Gasteiger partial charge on any atom is -0.396 e. The Hall–Kier alpha value is -0.520. The number of aliphatic hydroxyl groups excluding tert-OH is 1. The molecule has 0 saturated carbocycles. The fourth-order valence-electron chi connectivity index (χ4n) is 0.723. The number of hydrogen-bond donors (Lipinski definition) is 2. The summed E-state index contributed by atoms with van der Waals surface area (Å²) in [4.78, 5) is 0. The molecule has 0 bridgehead atoms. The van der Waals surface area contributed by atoms with Gasteiger partial charge in [0.25, 0.3) is 0 Å². The third kappa shape index (κ3) is 2.86. The van der Waals surface area contributed by atoms with Gasteiger partial charge in [0.1, 0.15) is 5.60 Å². The smallest absolute Gasteiger partial charge is 0.125 e. The maximum atomic E-state index is 9.41. The summed E-state index contributed by atoms with van der Waals surface area (Å²) < 4.78 is 0. The highest BCUT2D eigenvalue weighted by Crippen LogP contribution is 2.14. The molecule has 10 heavy (non-hydrogen) atoms. The van der Waals surface area contributed by atoms with Crippen molar-refractivity contribution < 1.29 is 10.2 Å². The van der Waals surface area contributed by atoms with E-state index < -0.39 is 5.60 Å². The molecule has 0 spiro atoms. The molecule has 2 nitrogen and oxygen atoms in total. The van der Waals surface area contributed by atoms with Gasteiger partial charge in [-0.15, -0.1) is 6.42 Å². The van der Waals surface area contributed by atoms with Crippen LogP contribution in [0.4, 0.5) is 0 Å². The molecular weight excluding hydrogens is 128 g/mol. The van der Waals surface area contributed by atoms with Gasteiger partial charge in [0.05, 0.1) is 0 Å². The van der Waals surface area contributed by atoms with Gasteiger partial charge in [0, 0.05) is 6.61 Å². The van der Waals surface area contributed by atoms with Crippen molar-refractivity contribution in [2.75, 3.05) is 6.61 Å². The number of hydrogen-bond acceptors (Lipinski definition) is 2. The van der Waals surface area contributed by atoms with E-state index in [9.17, 15) is 5.11 Å². The first-order chi connectivity index (χ1) is 4.68. The molecule has 0 saturated heterocycles. The zero-order chi connectivity index (χ0) is 8.04. The molecule has 0 aromatic heterocycles. The Balaban J connectivity index is 3.72. The van der Waals surface area contributed by atoms with Crippen molar-refractivity contribution in [3.63, 3.8) is 0 Å². The topological polar surface area (TPSA) is 40.5 Å². The molecular formula is C8H14O2. The standard InChI is InChI=1S/C8H14O2/c1-3-8(10,4-2)6-5-7-9/h1,9-10H,4-7H2,2H3. The molecule has 0 radical (unpaired) electrons. The van der Waals surface area contributed by atoms with Crippen LogP contribution in [-0.2, 0) is 0 Å². The van der Waals surface area contributed by atoms with Gasteiger partial charge in [-0.25, -0.2) is 0 Å². The van der Waals surface area contributed by atoms with E-state index in [-0.39, 0.29) is 6.61 Å². The molecule has 2 N–H and O–H groups in total. The second-order valence-electron chi connectivity index (χ2n) is 2.36. The average Bonchev–Trinajstić information content (AvgIpc) is 2.00. The molecule has 0 aromatic carbocycles. The average molecular weight is 142 g/mol. The third-order valence-electron chi connectivity index (χ3n) is 1.60. The minimum atomic E-state index is -0.997. The van der Waals surface area contributed by atoms with Crippen molar-refractivity contribution in [2.24, 2.45) is 0 Å². The Morgan fingerprint density at radius 3 is 2.50 bits per heavy atom. The second kappa shape index (κ2) is 4.32. The van der Waals surface area contributed by atoms with E-state index in [4.69, 9.17) is 11.5 Å². The lowest BCUT2D eigenvalue weighted by atomic mass is 9.96. The van der Waals surface area contributed by atoms with Crippen molar-refractivity contribution in [3.05, 3.63) is 0 Å². The molecule has 58 valence electrons. The molecule has 1 atom stereocenters. The molecule has 0 aromatic rings. The molecule has 2 heteroatoms. The van der Waals surface area contributed by atoms with E-state index in [1.165, 1.54) is 0 Å². The van der Waals surface area contributed by atoms with E-state index in [1.807, 2.05) is 6.92 Å². The summed E-state index contributed by atoms with van der Waals surface area (Å²) in [7, 11) is 0. The van der Waals surface area contributed by atoms with E-state index >= 15 is 0 Å². The Bertz CT molecular complexity index is 126. The fraction of sp³-hybridized carbons (Fsp3) is 0.750. The van der Waals surface area contributed by atoms with Crippen LogP contribution in [0.2, 0.25) is 0 Å². The van der Waals surface area contributed by atoms with E-state index in [1.54, 1.807) is 0 Å². The maximum absolute atomic E-state index is 9.41. The highest BCUT2D eigenvalue weighted by atomic mass is 16.3. The SMILES string of the molecule is C#CC(O)(CC)CCCO.